The van der Waals surface area contributed by atoms with Gasteiger partial charge in [0.15, 0.2) is 0 Å². The number of hydrogen-bond donors (Lipinski definition) is 0. The minimum absolute atomic E-state index is 0.209. The molecule has 1 aromatic rings. The van der Waals surface area contributed by atoms with Gasteiger partial charge in [0.2, 0.25) is 0 Å². The van der Waals surface area contributed by atoms with Crippen LogP contribution in [0.3, 0.4) is 0 Å². The molecule has 0 radical (unpaired) electrons. The second kappa shape index (κ2) is 7.88. The molecule has 0 unspecified atom stereocenters. The van der Waals surface area contributed by atoms with Crippen LogP contribution >= 0.6 is 15.9 Å². The van der Waals surface area contributed by atoms with Crippen LogP contribution in [0, 0.1) is 5.82 Å². The van der Waals surface area contributed by atoms with Crippen LogP contribution in [-0.2, 0) is 0 Å². The van der Waals surface area contributed by atoms with Gasteiger partial charge in [0.05, 0.1) is 12.3 Å². The van der Waals surface area contributed by atoms with Crippen molar-refractivity contribution >= 4 is 27.5 Å². The SMILES string of the molecule is CCN1C=CCN=C1C1=NC=CC1.Fc1cccc(Br)c1. The second-order valence-electron chi connectivity index (χ2n) is 4.44. The molecule has 0 aliphatic carbocycles. The predicted molar refractivity (Wildman–Crippen MR) is 89.1 cm³/mol. The van der Waals surface area contributed by atoms with E-state index in [9.17, 15) is 4.39 Å². The van der Waals surface area contributed by atoms with Gasteiger partial charge in [0.1, 0.15) is 11.7 Å². The van der Waals surface area contributed by atoms with Crippen molar-refractivity contribution in [3.63, 3.8) is 0 Å². The van der Waals surface area contributed by atoms with Gasteiger partial charge < -0.3 is 4.90 Å². The summed E-state index contributed by atoms with van der Waals surface area (Å²) in [6, 6.07) is 6.26. The molecule has 3 nitrogen and oxygen atoms in total. The van der Waals surface area contributed by atoms with Crippen LogP contribution in [-0.4, -0.2) is 29.5 Å². The summed E-state index contributed by atoms with van der Waals surface area (Å²) in [7, 11) is 0. The lowest BCUT2D eigenvalue weighted by Crippen LogP contribution is -2.33. The predicted octanol–water partition coefficient (Wildman–Crippen LogP) is 4.18. The number of benzene rings is 1. The Morgan fingerprint density at radius 2 is 2.19 bits per heavy atom. The molecule has 0 aromatic heterocycles. The largest absolute Gasteiger partial charge is 0.332 e. The van der Waals surface area contributed by atoms with Crippen molar-refractivity contribution in [2.24, 2.45) is 9.98 Å². The van der Waals surface area contributed by atoms with E-state index < -0.39 is 0 Å². The number of allylic oxidation sites excluding steroid dienone is 1. The average Bonchev–Trinajstić information content (AvgIpc) is 3.01. The highest BCUT2D eigenvalue weighted by Crippen LogP contribution is 2.10. The lowest BCUT2D eigenvalue weighted by Gasteiger charge is -2.23. The highest BCUT2D eigenvalue weighted by molar-refractivity contribution is 9.10. The minimum atomic E-state index is -0.209. The first-order valence-corrected chi connectivity index (χ1v) is 7.61. The molecule has 1 aromatic carbocycles. The van der Waals surface area contributed by atoms with Gasteiger partial charge in [-0.25, -0.2) is 4.39 Å². The Bertz CT molecular complexity index is 588. The van der Waals surface area contributed by atoms with Gasteiger partial charge in [-0.3, -0.25) is 9.98 Å². The molecule has 110 valence electrons. The van der Waals surface area contributed by atoms with Crippen LogP contribution < -0.4 is 0 Å². The molecule has 0 atom stereocenters. The van der Waals surface area contributed by atoms with Crippen LogP contribution in [0.25, 0.3) is 0 Å². The van der Waals surface area contributed by atoms with Gasteiger partial charge in [0.25, 0.3) is 0 Å². The summed E-state index contributed by atoms with van der Waals surface area (Å²) in [6.07, 6.45) is 8.98. The first-order valence-electron chi connectivity index (χ1n) is 6.81. The summed E-state index contributed by atoms with van der Waals surface area (Å²) in [5.41, 5.74) is 1.09. The summed E-state index contributed by atoms with van der Waals surface area (Å²) < 4.78 is 12.9. The van der Waals surface area contributed by atoms with Crippen molar-refractivity contribution in [3.05, 3.63) is 59.1 Å². The molecule has 0 N–H and O–H groups in total. The second-order valence-corrected chi connectivity index (χ2v) is 5.36. The highest BCUT2D eigenvalue weighted by Gasteiger charge is 2.16. The van der Waals surface area contributed by atoms with Crippen LogP contribution in [0.1, 0.15) is 13.3 Å². The summed E-state index contributed by atoms with van der Waals surface area (Å²) in [6.45, 7) is 3.85. The first-order chi connectivity index (χ1) is 10.2. The molecule has 0 bridgehead atoms. The number of rotatable bonds is 2. The van der Waals surface area contributed by atoms with E-state index in [2.05, 4.69) is 56.1 Å². The zero-order valence-electron chi connectivity index (χ0n) is 11.8. The molecular weight excluding hydrogens is 333 g/mol. The number of nitrogens with zero attached hydrogens (tertiary/aromatic N) is 3. The summed E-state index contributed by atoms with van der Waals surface area (Å²) >= 11 is 3.12. The van der Waals surface area contributed by atoms with E-state index in [-0.39, 0.29) is 5.82 Å². The van der Waals surface area contributed by atoms with Crippen molar-refractivity contribution in [1.29, 1.82) is 0 Å². The smallest absolute Gasteiger partial charge is 0.150 e. The van der Waals surface area contributed by atoms with Crippen molar-refractivity contribution in [2.75, 3.05) is 13.1 Å². The van der Waals surface area contributed by atoms with Gasteiger partial charge in [-0.2, -0.15) is 0 Å². The third kappa shape index (κ3) is 4.63. The molecular formula is C16H17BrFN3. The van der Waals surface area contributed by atoms with E-state index in [1.165, 1.54) is 12.1 Å². The first kappa shape index (κ1) is 15.6. The molecule has 0 amide bonds. The maximum absolute atomic E-state index is 12.1. The molecule has 0 fully saturated rings. The number of amidine groups is 1. The number of aliphatic imine (C=N–C) groups is 2. The van der Waals surface area contributed by atoms with Gasteiger partial charge in [-0.05, 0) is 31.2 Å². The van der Waals surface area contributed by atoms with Crippen LogP contribution in [0.5, 0.6) is 0 Å². The maximum atomic E-state index is 12.1. The van der Waals surface area contributed by atoms with Gasteiger partial charge >= 0.3 is 0 Å². The average molecular weight is 350 g/mol. The van der Waals surface area contributed by atoms with E-state index in [1.807, 2.05) is 6.20 Å². The number of hydrogen-bond acceptors (Lipinski definition) is 3. The lowest BCUT2D eigenvalue weighted by atomic mass is 10.2. The van der Waals surface area contributed by atoms with E-state index >= 15 is 0 Å². The topological polar surface area (TPSA) is 28.0 Å². The van der Waals surface area contributed by atoms with Crippen LogP contribution in [0.15, 0.2) is 63.3 Å². The monoisotopic (exact) mass is 349 g/mol. The highest BCUT2D eigenvalue weighted by atomic mass is 79.9. The number of halogens is 2. The third-order valence-electron chi connectivity index (χ3n) is 2.94. The molecule has 3 rings (SSSR count). The summed E-state index contributed by atoms with van der Waals surface area (Å²) in [5.74, 6) is 0.828. The van der Waals surface area contributed by atoms with Crippen molar-refractivity contribution in [1.82, 2.24) is 4.90 Å². The van der Waals surface area contributed by atoms with Gasteiger partial charge in [-0.1, -0.05) is 28.1 Å². The Kier molecular flexibility index (Phi) is 5.87. The van der Waals surface area contributed by atoms with Crippen molar-refractivity contribution in [2.45, 2.75) is 13.3 Å². The molecule has 0 saturated heterocycles. The standard InChI is InChI=1S/C10H13N3.C6H4BrF/c1-2-13-8-4-7-12-10(13)9-5-3-6-11-9;7-5-2-1-3-6(8)4-5/h3-4,6,8H,2,5,7H2,1H3;1-4H. The Balaban J connectivity index is 0.000000173. The van der Waals surface area contributed by atoms with E-state index in [4.69, 9.17) is 0 Å². The zero-order chi connectivity index (χ0) is 15.1. The molecule has 2 heterocycles. The van der Waals surface area contributed by atoms with E-state index in [0.29, 0.717) is 0 Å². The van der Waals surface area contributed by atoms with Gasteiger partial charge in [-0.15, -0.1) is 0 Å². The Morgan fingerprint density at radius 1 is 1.33 bits per heavy atom. The van der Waals surface area contributed by atoms with E-state index in [0.717, 1.165) is 35.5 Å². The Morgan fingerprint density at radius 3 is 2.76 bits per heavy atom. The maximum Gasteiger partial charge on any atom is 0.150 e. The fourth-order valence-corrected chi connectivity index (χ4v) is 2.33. The normalized spacial score (nSPS) is 16.2. The molecule has 21 heavy (non-hydrogen) atoms. The fraction of sp³-hybridized carbons (Fsp3) is 0.250. The quantitative estimate of drug-likeness (QED) is 0.786. The van der Waals surface area contributed by atoms with Crippen molar-refractivity contribution < 1.29 is 4.39 Å². The Labute approximate surface area is 132 Å². The molecule has 0 saturated carbocycles. The van der Waals surface area contributed by atoms with Crippen molar-refractivity contribution in [3.8, 4) is 0 Å². The summed E-state index contributed by atoms with van der Waals surface area (Å²) in [4.78, 5) is 10.9. The molecule has 2 aliphatic rings. The minimum Gasteiger partial charge on any atom is -0.332 e. The van der Waals surface area contributed by atoms with Crippen LogP contribution in [0.2, 0.25) is 0 Å². The zero-order valence-corrected chi connectivity index (χ0v) is 13.4. The molecule has 2 aliphatic heterocycles. The lowest BCUT2D eigenvalue weighted by molar-refractivity contribution is 0.584. The third-order valence-corrected chi connectivity index (χ3v) is 3.43. The van der Waals surface area contributed by atoms with Crippen LogP contribution in [0.4, 0.5) is 4.39 Å². The molecule has 5 heteroatoms. The fourth-order valence-electron chi connectivity index (χ4n) is 1.96. The summed E-state index contributed by atoms with van der Waals surface area (Å²) in [5, 5.41) is 0. The molecule has 0 spiro atoms. The van der Waals surface area contributed by atoms with Gasteiger partial charge in [0, 0.05) is 29.8 Å². The Hall–Kier alpha value is -1.75. The van der Waals surface area contributed by atoms with E-state index in [1.54, 1.807) is 12.1 Å².